The maximum Gasteiger partial charge on any atom is 0.161 e. The Labute approximate surface area is 102 Å². The second-order valence-electron chi connectivity index (χ2n) is 3.71. The van der Waals surface area contributed by atoms with Gasteiger partial charge in [-0.15, -0.1) is 0 Å². The summed E-state index contributed by atoms with van der Waals surface area (Å²) in [4.78, 5) is 10.8. The van der Waals surface area contributed by atoms with E-state index in [1.807, 2.05) is 37.3 Å². The molecular formula is C14H18O3. The second kappa shape index (κ2) is 6.74. The minimum Gasteiger partial charge on any atom is -0.493 e. The van der Waals surface area contributed by atoms with Gasteiger partial charge in [0, 0.05) is 6.42 Å². The van der Waals surface area contributed by atoms with Gasteiger partial charge < -0.3 is 9.47 Å². The van der Waals surface area contributed by atoms with Crippen LogP contribution < -0.4 is 9.47 Å². The molecule has 0 N–H and O–H groups in total. The Morgan fingerprint density at radius 2 is 2.12 bits per heavy atom. The summed E-state index contributed by atoms with van der Waals surface area (Å²) in [7, 11) is 1.60. The zero-order valence-electron chi connectivity index (χ0n) is 10.5. The second-order valence-corrected chi connectivity index (χ2v) is 3.71. The smallest absolute Gasteiger partial charge is 0.161 e. The fourth-order valence-corrected chi connectivity index (χ4v) is 1.40. The first-order valence-electron chi connectivity index (χ1n) is 5.60. The highest BCUT2D eigenvalue weighted by atomic mass is 16.5. The summed E-state index contributed by atoms with van der Waals surface area (Å²) in [6.07, 6.45) is 4.37. The van der Waals surface area contributed by atoms with Crippen molar-refractivity contribution in [1.29, 1.82) is 0 Å². The molecule has 0 heterocycles. The molecule has 0 spiro atoms. The molecule has 0 saturated heterocycles. The van der Waals surface area contributed by atoms with E-state index in [0.29, 0.717) is 24.5 Å². The van der Waals surface area contributed by atoms with Gasteiger partial charge in [0.2, 0.25) is 0 Å². The molecule has 0 amide bonds. The number of hydrogen-bond acceptors (Lipinski definition) is 3. The summed E-state index contributed by atoms with van der Waals surface area (Å²) in [5.41, 5.74) is 1.06. The Balaban J connectivity index is 2.74. The summed E-state index contributed by atoms with van der Waals surface area (Å²) in [5, 5.41) is 0. The number of carbonyl (C=O) groups excluding carboxylic acids is 1. The number of ketones is 1. The lowest BCUT2D eigenvalue weighted by molar-refractivity contribution is -0.117. The molecule has 0 saturated carbocycles. The zero-order chi connectivity index (χ0) is 12.7. The molecule has 0 aromatic heterocycles. The first kappa shape index (κ1) is 13.3. The normalized spacial score (nSPS) is 10.5. The molecular weight excluding hydrogens is 216 g/mol. The Morgan fingerprint density at radius 1 is 1.35 bits per heavy atom. The van der Waals surface area contributed by atoms with E-state index in [4.69, 9.17) is 9.47 Å². The van der Waals surface area contributed by atoms with E-state index in [-0.39, 0.29) is 5.78 Å². The highest BCUT2D eigenvalue weighted by Crippen LogP contribution is 2.28. The van der Waals surface area contributed by atoms with Crippen LogP contribution >= 0.6 is 0 Å². The third kappa shape index (κ3) is 4.31. The van der Waals surface area contributed by atoms with Crippen LogP contribution in [0.2, 0.25) is 0 Å². The molecule has 1 aromatic carbocycles. The van der Waals surface area contributed by atoms with Crippen molar-refractivity contribution in [3.8, 4) is 11.5 Å². The van der Waals surface area contributed by atoms with Gasteiger partial charge in [-0.25, -0.2) is 0 Å². The maximum atomic E-state index is 10.8. The first-order chi connectivity index (χ1) is 8.17. The monoisotopic (exact) mass is 234 g/mol. The van der Waals surface area contributed by atoms with Gasteiger partial charge in [-0.2, -0.15) is 0 Å². The Morgan fingerprint density at radius 3 is 2.71 bits per heavy atom. The molecule has 1 aromatic rings. The van der Waals surface area contributed by atoms with Crippen molar-refractivity contribution in [3.63, 3.8) is 0 Å². The molecule has 0 aliphatic rings. The quantitative estimate of drug-likeness (QED) is 0.758. The highest BCUT2D eigenvalue weighted by molar-refractivity contribution is 5.75. The molecule has 0 radical (unpaired) electrons. The van der Waals surface area contributed by atoms with Crippen molar-refractivity contribution >= 4 is 11.9 Å². The average molecular weight is 234 g/mol. The van der Waals surface area contributed by atoms with Crippen LogP contribution in [0.3, 0.4) is 0 Å². The van der Waals surface area contributed by atoms with Crippen LogP contribution in [0.15, 0.2) is 24.3 Å². The van der Waals surface area contributed by atoms with Gasteiger partial charge in [0.05, 0.1) is 13.7 Å². The predicted octanol–water partition coefficient (Wildman–Crippen LogP) is 3.09. The summed E-state index contributed by atoms with van der Waals surface area (Å²) in [5.74, 6) is 1.47. The summed E-state index contributed by atoms with van der Waals surface area (Å²) < 4.78 is 10.7. The molecule has 0 aliphatic carbocycles. The van der Waals surface area contributed by atoms with Crippen LogP contribution in [0, 0.1) is 0 Å². The maximum absolute atomic E-state index is 10.8. The summed E-state index contributed by atoms with van der Waals surface area (Å²) >= 11 is 0. The number of allylic oxidation sites excluding steroid dienone is 1. The number of rotatable bonds is 6. The molecule has 0 bridgehead atoms. The molecule has 1 rings (SSSR count). The fourth-order valence-electron chi connectivity index (χ4n) is 1.40. The van der Waals surface area contributed by atoms with E-state index < -0.39 is 0 Å². The van der Waals surface area contributed by atoms with E-state index in [2.05, 4.69) is 0 Å². The molecule has 3 nitrogen and oxygen atoms in total. The van der Waals surface area contributed by atoms with Gasteiger partial charge in [-0.1, -0.05) is 18.2 Å². The standard InChI is InChI=1S/C14H18O3/c1-4-5-12-6-7-13(14(10-12)16-3)17-9-8-11(2)15/h4-7,10H,8-9H2,1-3H3. The van der Waals surface area contributed by atoms with E-state index >= 15 is 0 Å². The van der Waals surface area contributed by atoms with Gasteiger partial charge >= 0.3 is 0 Å². The molecule has 92 valence electrons. The van der Waals surface area contributed by atoms with Gasteiger partial charge in [-0.3, -0.25) is 4.79 Å². The Hall–Kier alpha value is -1.77. The SMILES string of the molecule is CC=Cc1ccc(OCCC(C)=O)c(OC)c1. The van der Waals surface area contributed by atoms with E-state index in [1.165, 1.54) is 0 Å². The lowest BCUT2D eigenvalue weighted by Crippen LogP contribution is -2.03. The third-order valence-corrected chi connectivity index (χ3v) is 2.26. The van der Waals surface area contributed by atoms with Crippen molar-refractivity contribution in [2.45, 2.75) is 20.3 Å². The predicted molar refractivity (Wildman–Crippen MR) is 68.5 cm³/mol. The van der Waals surface area contributed by atoms with Gasteiger partial charge in [0.25, 0.3) is 0 Å². The molecule has 0 unspecified atom stereocenters. The highest BCUT2D eigenvalue weighted by Gasteiger charge is 2.05. The molecule has 0 atom stereocenters. The van der Waals surface area contributed by atoms with E-state index in [9.17, 15) is 4.79 Å². The minimum absolute atomic E-state index is 0.120. The average Bonchev–Trinajstić information content (AvgIpc) is 2.30. The minimum atomic E-state index is 0.120. The molecule has 17 heavy (non-hydrogen) atoms. The topological polar surface area (TPSA) is 35.5 Å². The van der Waals surface area contributed by atoms with Gasteiger partial charge in [0.15, 0.2) is 11.5 Å². The molecule has 0 fully saturated rings. The number of carbonyl (C=O) groups is 1. The molecule has 3 heteroatoms. The van der Waals surface area contributed by atoms with E-state index in [1.54, 1.807) is 14.0 Å². The van der Waals surface area contributed by atoms with Crippen LogP contribution in [0.4, 0.5) is 0 Å². The van der Waals surface area contributed by atoms with Crippen molar-refractivity contribution in [1.82, 2.24) is 0 Å². The largest absolute Gasteiger partial charge is 0.493 e. The van der Waals surface area contributed by atoms with Crippen molar-refractivity contribution < 1.29 is 14.3 Å². The lowest BCUT2D eigenvalue weighted by Gasteiger charge is -2.10. The first-order valence-corrected chi connectivity index (χ1v) is 5.60. The number of ether oxygens (including phenoxy) is 2. The van der Waals surface area contributed by atoms with E-state index in [0.717, 1.165) is 5.56 Å². The number of Topliss-reactive ketones (excluding diaryl/α,β-unsaturated/α-hetero) is 1. The Kier molecular flexibility index (Phi) is 5.27. The van der Waals surface area contributed by atoms with Crippen LogP contribution in [-0.2, 0) is 4.79 Å². The lowest BCUT2D eigenvalue weighted by atomic mass is 10.2. The van der Waals surface area contributed by atoms with Crippen LogP contribution in [0.5, 0.6) is 11.5 Å². The van der Waals surface area contributed by atoms with Gasteiger partial charge in [0.1, 0.15) is 5.78 Å². The number of hydrogen-bond donors (Lipinski definition) is 0. The van der Waals surface area contributed by atoms with Crippen molar-refractivity contribution in [3.05, 3.63) is 29.8 Å². The van der Waals surface area contributed by atoms with Crippen LogP contribution in [0.1, 0.15) is 25.8 Å². The van der Waals surface area contributed by atoms with Crippen molar-refractivity contribution in [2.24, 2.45) is 0 Å². The number of benzene rings is 1. The van der Waals surface area contributed by atoms with Crippen molar-refractivity contribution in [2.75, 3.05) is 13.7 Å². The number of methoxy groups -OCH3 is 1. The van der Waals surface area contributed by atoms with Gasteiger partial charge in [-0.05, 0) is 31.5 Å². The summed E-state index contributed by atoms with van der Waals surface area (Å²) in [6, 6.07) is 5.71. The van der Waals surface area contributed by atoms with Crippen LogP contribution in [0.25, 0.3) is 6.08 Å². The zero-order valence-corrected chi connectivity index (χ0v) is 10.5. The fraction of sp³-hybridized carbons (Fsp3) is 0.357. The third-order valence-electron chi connectivity index (χ3n) is 2.26. The molecule has 0 aliphatic heterocycles. The van der Waals surface area contributed by atoms with Crippen LogP contribution in [-0.4, -0.2) is 19.5 Å². The summed E-state index contributed by atoms with van der Waals surface area (Å²) in [6.45, 7) is 3.90. The Bertz CT molecular complexity index is 408.